The molecule has 3 heteroatoms. The summed E-state index contributed by atoms with van der Waals surface area (Å²) < 4.78 is 0. The molecule has 2 aromatic carbocycles. The van der Waals surface area contributed by atoms with E-state index in [1.54, 1.807) is 0 Å². The monoisotopic (exact) mass is 342 g/mol. The molecule has 0 heterocycles. The van der Waals surface area contributed by atoms with Crippen LogP contribution in [0.25, 0.3) is 0 Å². The quantitative estimate of drug-likeness (QED) is 0.575. The predicted octanol–water partition coefficient (Wildman–Crippen LogP) is 4.42. The van der Waals surface area contributed by atoms with Gasteiger partial charge in [-0.15, -0.1) is 0 Å². The standard InChI is InChI=1S/C21H30N2S/c1-2-15-23(18-20-9-5-3-6-10-20)16-13-22-14-17-24-19-21-11-7-4-8-12-21/h3-12,22H,2,13-19H2,1H3. The van der Waals surface area contributed by atoms with Gasteiger partial charge in [0.25, 0.3) is 0 Å². The summed E-state index contributed by atoms with van der Waals surface area (Å²) in [4.78, 5) is 2.54. The zero-order valence-corrected chi connectivity index (χ0v) is 15.6. The minimum atomic E-state index is 1.05. The van der Waals surface area contributed by atoms with Crippen LogP contribution in [0.1, 0.15) is 24.5 Å². The van der Waals surface area contributed by atoms with Crippen LogP contribution in [0, 0.1) is 0 Å². The number of nitrogens with zero attached hydrogens (tertiary/aromatic N) is 1. The van der Waals surface area contributed by atoms with Gasteiger partial charge in [-0.25, -0.2) is 0 Å². The summed E-state index contributed by atoms with van der Waals surface area (Å²) in [6.45, 7) is 7.75. The molecule has 0 aliphatic rings. The molecule has 24 heavy (non-hydrogen) atoms. The Morgan fingerprint density at radius 2 is 1.50 bits per heavy atom. The molecule has 0 amide bonds. The maximum absolute atomic E-state index is 3.58. The van der Waals surface area contributed by atoms with Crippen molar-refractivity contribution in [1.82, 2.24) is 10.2 Å². The van der Waals surface area contributed by atoms with Crippen molar-refractivity contribution >= 4 is 11.8 Å². The van der Waals surface area contributed by atoms with Gasteiger partial charge in [-0.2, -0.15) is 11.8 Å². The molecule has 2 rings (SSSR count). The van der Waals surface area contributed by atoms with E-state index in [9.17, 15) is 0 Å². The van der Waals surface area contributed by atoms with Crippen molar-refractivity contribution in [2.24, 2.45) is 0 Å². The topological polar surface area (TPSA) is 15.3 Å². The third kappa shape index (κ3) is 8.00. The third-order valence-electron chi connectivity index (χ3n) is 3.93. The molecule has 2 nitrogen and oxygen atoms in total. The van der Waals surface area contributed by atoms with Crippen LogP contribution in [0.15, 0.2) is 60.7 Å². The Bertz CT molecular complexity index is 530. The molecule has 0 aromatic heterocycles. The van der Waals surface area contributed by atoms with Gasteiger partial charge in [0.1, 0.15) is 0 Å². The van der Waals surface area contributed by atoms with E-state index >= 15 is 0 Å². The first-order chi connectivity index (χ1) is 11.9. The molecular formula is C21H30N2S. The van der Waals surface area contributed by atoms with E-state index in [0.29, 0.717) is 0 Å². The number of hydrogen-bond donors (Lipinski definition) is 1. The molecular weight excluding hydrogens is 312 g/mol. The maximum Gasteiger partial charge on any atom is 0.0234 e. The molecule has 0 saturated heterocycles. The average Bonchev–Trinajstić information content (AvgIpc) is 2.63. The summed E-state index contributed by atoms with van der Waals surface area (Å²) in [5, 5.41) is 3.58. The Morgan fingerprint density at radius 1 is 0.833 bits per heavy atom. The minimum absolute atomic E-state index is 1.05. The molecule has 0 radical (unpaired) electrons. The summed E-state index contributed by atoms with van der Waals surface area (Å²) >= 11 is 2.00. The largest absolute Gasteiger partial charge is 0.315 e. The van der Waals surface area contributed by atoms with E-state index in [2.05, 4.69) is 77.8 Å². The van der Waals surface area contributed by atoms with Crippen LogP contribution in [0.4, 0.5) is 0 Å². The second-order valence-corrected chi connectivity index (χ2v) is 7.16. The Morgan fingerprint density at radius 3 is 2.17 bits per heavy atom. The van der Waals surface area contributed by atoms with Crippen molar-refractivity contribution in [1.29, 1.82) is 0 Å². The van der Waals surface area contributed by atoms with Crippen LogP contribution >= 0.6 is 11.8 Å². The average molecular weight is 343 g/mol. The molecule has 0 spiro atoms. The predicted molar refractivity (Wildman–Crippen MR) is 107 cm³/mol. The first-order valence-electron chi connectivity index (χ1n) is 8.97. The van der Waals surface area contributed by atoms with Crippen molar-refractivity contribution in [3.05, 3.63) is 71.8 Å². The first-order valence-corrected chi connectivity index (χ1v) is 10.1. The van der Waals surface area contributed by atoms with Crippen molar-refractivity contribution in [2.75, 3.05) is 31.9 Å². The fourth-order valence-corrected chi connectivity index (χ4v) is 3.56. The Balaban J connectivity index is 1.55. The van der Waals surface area contributed by atoms with Crippen LogP contribution in [-0.4, -0.2) is 36.8 Å². The van der Waals surface area contributed by atoms with Crippen LogP contribution in [0.2, 0.25) is 0 Å². The van der Waals surface area contributed by atoms with Gasteiger partial charge in [0.05, 0.1) is 0 Å². The van der Waals surface area contributed by atoms with Gasteiger partial charge in [-0.1, -0.05) is 67.6 Å². The Hall–Kier alpha value is -1.29. The van der Waals surface area contributed by atoms with Crippen molar-refractivity contribution in [2.45, 2.75) is 25.6 Å². The lowest BCUT2D eigenvalue weighted by Crippen LogP contribution is -2.33. The summed E-state index contributed by atoms with van der Waals surface area (Å²) in [6.07, 6.45) is 1.21. The lowest BCUT2D eigenvalue weighted by Gasteiger charge is -2.22. The van der Waals surface area contributed by atoms with Crippen LogP contribution < -0.4 is 5.32 Å². The normalized spacial score (nSPS) is 11.1. The molecule has 0 aliphatic carbocycles. The zero-order chi connectivity index (χ0) is 16.9. The number of hydrogen-bond acceptors (Lipinski definition) is 3. The van der Waals surface area contributed by atoms with Gasteiger partial charge >= 0.3 is 0 Å². The highest BCUT2D eigenvalue weighted by molar-refractivity contribution is 7.98. The van der Waals surface area contributed by atoms with Crippen molar-refractivity contribution in [3.8, 4) is 0 Å². The zero-order valence-electron chi connectivity index (χ0n) is 14.8. The second-order valence-electron chi connectivity index (χ2n) is 6.05. The van der Waals surface area contributed by atoms with Gasteiger partial charge in [-0.3, -0.25) is 4.90 Å². The molecule has 2 aromatic rings. The van der Waals surface area contributed by atoms with Gasteiger partial charge in [0.2, 0.25) is 0 Å². The molecule has 0 aliphatic heterocycles. The Kier molecular flexibility index (Phi) is 9.62. The summed E-state index contributed by atoms with van der Waals surface area (Å²) in [5.74, 6) is 2.28. The molecule has 0 bridgehead atoms. The van der Waals surface area contributed by atoms with E-state index in [1.807, 2.05) is 11.8 Å². The fraction of sp³-hybridized carbons (Fsp3) is 0.429. The van der Waals surface area contributed by atoms with Crippen LogP contribution in [-0.2, 0) is 12.3 Å². The van der Waals surface area contributed by atoms with Gasteiger partial charge in [-0.05, 0) is 24.1 Å². The van der Waals surface area contributed by atoms with Crippen LogP contribution in [0.3, 0.4) is 0 Å². The highest BCUT2D eigenvalue weighted by atomic mass is 32.2. The summed E-state index contributed by atoms with van der Waals surface area (Å²) in [5.41, 5.74) is 2.82. The summed E-state index contributed by atoms with van der Waals surface area (Å²) in [7, 11) is 0. The molecule has 0 unspecified atom stereocenters. The first kappa shape index (κ1) is 19.0. The SMILES string of the molecule is CCCN(CCNCCSCc1ccccc1)Cc1ccccc1. The highest BCUT2D eigenvalue weighted by Gasteiger charge is 2.04. The van der Waals surface area contributed by atoms with E-state index in [-0.39, 0.29) is 0 Å². The number of rotatable bonds is 12. The van der Waals surface area contributed by atoms with E-state index in [0.717, 1.165) is 31.9 Å². The lowest BCUT2D eigenvalue weighted by molar-refractivity contribution is 0.266. The fourth-order valence-electron chi connectivity index (χ4n) is 2.70. The van der Waals surface area contributed by atoms with Gasteiger partial charge in [0, 0.05) is 37.7 Å². The number of nitrogens with one attached hydrogen (secondary N) is 1. The van der Waals surface area contributed by atoms with Gasteiger partial charge < -0.3 is 5.32 Å². The van der Waals surface area contributed by atoms with Gasteiger partial charge in [0.15, 0.2) is 0 Å². The molecule has 0 saturated carbocycles. The molecule has 0 fully saturated rings. The second kappa shape index (κ2) is 12.1. The summed E-state index contributed by atoms with van der Waals surface area (Å²) in [6, 6.07) is 21.5. The molecule has 0 atom stereocenters. The minimum Gasteiger partial charge on any atom is -0.315 e. The highest BCUT2D eigenvalue weighted by Crippen LogP contribution is 2.10. The van der Waals surface area contributed by atoms with Crippen molar-refractivity contribution < 1.29 is 0 Å². The smallest absolute Gasteiger partial charge is 0.0234 e. The van der Waals surface area contributed by atoms with E-state index in [4.69, 9.17) is 0 Å². The molecule has 1 N–H and O–H groups in total. The van der Waals surface area contributed by atoms with Crippen molar-refractivity contribution in [3.63, 3.8) is 0 Å². The third-order valence-corrected chi connectivity index (χ3v) is 4.96. The number of thioether (sulfide) groups is 1. The Labute approximate surface area is 151 Å². The molecule has 130 valence electrons. The van der Waals surface area contributed by atoms with E-state index < -0.39 is 0 Å². The number of benzene rings is 2. The van der Waals surface area contributed by atoms with E-state index in [1.165, 1.54) is 29.8 Å². The lowest BCUT2D eigenvalue weighted by atomic mass is 10.2. The maximum atomic E-state index is 3.58. The van der Waals surface area contributed by atoms with Crippen LogP contribution in [0.5, 0.6) is 0 Å².